The average Bonchev–Trinajstić information content (AvgIpc) is 3.21. The van der Waals surface area contributed by atoms with Crippen molar-refractivity contribution in [2.75, 3.05) is 50.7 Å². The van der Waals surface area contributed by atoms with Crippen molar-refractivity contribution in [1.29, 1.82) is 0 Å². The number of likely N-dealkylation sites (tertiary alicyclic amines) is 2. The van der Waals surface area contributed by atoms with E-state index in [1.54, 1.807) is 0 Å². The van der Waals surface area contributed by atoms with Gasteiger partial charge in [-0.1, -0.05) is 0 Å². The highest BCUT2D eigenvalue weighted by Gasteiger charge is 2.36. The lowest BCUT2D eigenvalue weighted by atomic mass is 9.90. The number of rotatable bonds is 4. The van der Waals surface area contributed by atoms with Crippen LogP contribution < -0.4 is 4.90 Å². The number of hydrogen-bond acceptors (Lipinski definition) is 4. The van der Waals surface area contributed by atoms with E-state index in [0.717, 1.165) is 38.3 Å². The number of β-amino-alcohol motifs (C(OH)–C–C–N with tert-alkyl or cyclic N) is 1. The standard InChI is InChI=1S/C22H33N3O2/c26-21(19-6-8-20(9-7-19)24-14-2-1-3-15-24)25-16-10-22(27,11-17-25)18-23-12-4-5-13-23/h6-9,27H,1-5,10-18H2. The lowest BCUT2D eigenvalue weighted by Crippen LogP contribution is -2.51. The maximum absolute atomic E-state index is 12.9. The van der Waals surface area contributed by atoms with E-state index < -0.39 is 5.60 Å². The second kappa shape index (κ2) is 8.19. The van der Waals surface area contributed by atoms with Gasteiger partial charge in [-0.2, -0.15) is 0 Å². The first kappa shape index (κ1) is 18.8. The maximum atomic E-state index is 12.9. The Bertz CT molecular complexity index is 625. The van der Waals surface area contributed by atoms with Crippen molar-refractivity contribution in [1.82, 2.24) is 9.80 Å². The SMILES string of the molecule is O=C(c1ccc(N2CCCCC2)cc1)N1CCC(O)(CN2CCCC2)CC1. The van der Waals surface area contributed by atoms with Gasteiger partial charge in [-0.25, -0.2) is 0 Å². The Kier molecular flexibility index (Phi) is 5.69. The predicted molar refractivity (Wildman–Crippen MR) is 108 cm³/mol. The van der Waals surface area contributed by atoms with Crippen LogP contribution in [0.2, 0.25) is 0 Å². The molecule has 3 fully saturated rings. The van der Waals surface area contributed by atoms with E-state index in [1.807, 2.05) is 17.0 Å². The Labute approximate surface area is 162 Å². The third kappa shape index (κ3) is 4.46. The monoisotopic (exact) mass is 371 g/mol. The molecule has 0 spiro atoms. The van der Waals surface area contributed by atoms with Crippen LogP contribution in [0.15, 0.2) is 24.3 Å². The number of anilines is 1. The van der Waals surface area contributed by atoms with E-state index >= 15 is 0 Å². The minimum atomic E-state index is -0.626. The van der Waals surface area contributed by atoms with E-state index in [1.165, 1.54) is 37.8 Å². The summed E-state index contributed by atoms with van der Waals surface area (Å²) in [4.78, 5) is 19.6. The van der Waals surface area contributed by atoms with Crippen molar-refractivity contribution < 1.29 is 9.90 Å². The Hall–Kier alpha value is -1.59. The summed E-state index contributed by atoms with van der Waals surface area (Å²) >= 11 is 0. The Balaban J connectivity index is 1.32. The van der Waals surface area contributed by atoms with Crippen molar-refractivity contribution in [2.45, 2.75) is 50.5 Å². The van der Waals surface area contributed by atoms with Gasteiger partial charge in [0.15, 0.2) is 0 Å². The molecule has 1 aromatic rings. The molecule has 0 atom stereocenters. The van der Waals surface area contributed by atoms with Crippen molar-refractivity contribution in [3.05, 3.63) is 29.8 Å². The third-order valence-corrected chi connectivity index (χ3v) is 6.53. The van der Waals surface area contributed by atoms with E-state index in [2.05, 4.69) is 21.9 Å². The van der Waals surface area contributed by atoms with Gasteiger partial charge in [-0.05, 0) is 82.3 Å². The van der Waals surface area contributed by atoms with Gasteiger partial charge in [0.25, 0.3) is 5.91 Å². The number of amides is 1. The average molecular weight is 372 g/mol. The molecule has 1 aromatic carbocycles. The van der Waals surface area contributed by atoms with Crippen LogP contribution >= 0.6 is 0 Å². The van der Waals surface area contributed by atoms with E-state index in [9.17, 15) is 9.90 Å². The fraction of sp³-hybridized carbons (Fsp3) is 0.682. The summed E-state index contributed by atoms with van der Waals surface area (Å²) in [6.07, 6.45) is 7.69. The summed E-state index contributed by atoms with van der Waals surface area (Å²) < 4.78 is 0. The minimum absolute atomic E-state index is 0.100. The Morgan fingerprint density at radius 1 is 0.852 bits per heavy atom. The molecule has 0 bridgehead atoms. The topological polar surface area (TPSA) is 47.0 Å². The van der Waals surface area contributed by atoms with Crippen LogP contribution in [0.3, 0.4) is 0 Å². The Morgan fingerprint density at radius 3 is 2.07 bits per heavy atom. The molecule has 3 aliphatic rings. The molecule has 3 heterocycles. The highest BCUT2D eigenvalue weighted by Crippen LogP contribution is 2.27. The zero-order valence-electron chi connectivity index (χ0n) is 16.4. The van der Waals surface area contributed by atoms with Gasteiger partial charge in [-0.15, -0.1) is 0 Å². The molecular weight excluding hydrogens is 338 g/mol. The summed E-state index contributed by atoms with van der Waals surface area (Å²) in [7, 11) is 0. The number of carbonyl (C=O) groups excluding carboxylic acids is 1. The van der Waals surface area contributed by atoms with Crippen LogP contribution in [-0.2, 0) is 0 Å². The predicted octanol–water partition coefficient (Wildman–Crippen LogP) is 2.74. The molecule has 5 heteroatoms. The maximum Gasteiger partial charge on any atom is 0.253 e. The van der Waals surface area contributed by atoms with Crippen molar-refractivity contribution in [2.24, 2.45) is 0 Å². The lowest BCUT2D eigenvalue weighted by molar-refractivity contribution is -0.0367. The molecule has 3 saturated heterocycles. The van der Waals surface area contributed by atoms with Gasteiger partial charge < -0.3 is 19.8 Å². The lowest BCUT2D eigenvalue weighted by Gasteiger charge is -2.40. The van der Waals surface area contributed by atoms with Crippen molar-refractivity contribution in [3.63, 3.8) is 0 Å². The highest BCUT2D eigenvalue weighted by atomic mass is 16.3. The molecule has 1 N–H and O–H groups in total. The first-order valence-electron chi connectivity index (χ1n) is 10.7. The number of aliphatic hydroxyl groups is 1. The summed E-state index contributed by atoms with van der Waals surface area (Å²) in [5.74, 6) is 0.100. The van der Waals surface area contributed by atoms with Gasteiger partial charge in [0, 0.05) is 44.0 Å². The van der Waals surface area contributed by atoms with Crippen LogP contribution in [-0.4, -0.2) is 72.2 Å². The molecular formula is C22H33N3O2. The van der Waals surface area contributed by atoms with Gasteiger partial charge in [0.2, 0.25) is 0 Å². The summed E-state index contributed by atoms with van der Waals surface area (Å²) in [6, 6.07) is 8.12. The number of nitrogens with zero attached hydrogens (tertiary/aromatic N) is 3. The number of carbonyl (C=O) groups is 1. The largest absolute Gasteiger partial charge is 0.388 e. The number of benzene rings is 1. The minimum Gasteiger partial charge on any atom is -0.388 e. The molecule has 0 saturated carbocycles. The number of piperidine rings is 2. The van der Waals surface area contributed by atoms with Gasteiger partial charge >= 0.3 is 0 Å². The normalized spacial score (nSPS) is 23.6. The first-order valence-corrected chi connectivity index (χ1v) is 10.7. The second-order valence-corrected chi connectivity index (χ2v) is 8.59. The summed E-state index contributed by atoms with van der Waals surface area (Å²) in [5.41, 5.74) is 1.37. The summed E-state index contributed by atoms with van der Waals surface area (Å²) in [5, 5.41) is 10.9. The molecule has 5 nitrogen and oxygen atoms in total. The van der Waals surface area contributed by atoms with E-state index in [-0.39, 0.29) is 5.91 Å². The molecule has 27 heavy (non-hydrogen) atoms. The van der Waals surface area contributed by atoms with E-state index in [0.29, 0.717) is 25.9 Å². The van der Waals surface area contributed by atoms with Crippen LogP contribution in [0.5, 0.6) is 0 Å². The second-order valence-electron chi connectivity index (χ2n) is 8.59. The molecule has 0 unspecified atom stereocenters. The molecule has 0 radical (unpaired) electrons. The molecule has 3 aliphatic heterocycles. The van der Waals surface area contributed by atoms with Gasteiger partial charge in [0.1, 0.15) is 0 Å². The van der Waals surface area contributed by atoms with Crippen LogP contribution in [0.4, 0.5) is 5.69 Å². The molecule has 0 aromatic heterocycles. The van der Waals surface area contributed by atoms with E-state index in [4.69, 9.17) is 0 Å². The van der Waals surface area contributed by atoms with Crippen LogP contribution in [0.25, 0.3) is 0 Å². The molecule has 1 amide bonds. The number of hydrogen-bond donors (Lipinski definition) is 1. The van der Waals surface area contributed by atoms with Crippen molar-refractivity contribution in [3.8, 4) is 0 Å². The van der Waals surface area contributed by atoms with Crippen LogP contribution in [0, 0.1) is 0 Å². The fourth-order valence-corrected chi connectivity index (χ4v) is 4.79. The quantitative estimate of drug-likeness (QED) is 0.884. The summed E-state index contributed by atoms with van der Waals surface area (Å²) in [6.45, 7) is 6.51. The highest BCUT2D eigenvalue weighted by molar-refractivity contribution is 5.94. The zero-order valence-corrected chi connectivity index (χ0v) is 16.4. The zero-order chi connectivity index (χ0) is 18.7. The molecule has 148 valence electrons. The molecule has 4 rings (SSSR count). The van der Waals surface area contributed by atoms with Crippen molar-refractivity contribution >= 4 is 11.6 Å². The van der Waals surface area contributed by atoms with Gasteiger partial charge in [-0.3, -0.25) is 4.79 Å². The first-order chi connectivity index (χ1) is 13.1. The smallest absolute Gasteiger partial charge is 0.253 e. The molecule has 0 aliphatic carbocycles. The third-order valence-electron chi connectivity index (χ3n) is 6.53. The fourth-order valence-electron chi connectivity index (χ4n) is 4.79. The Morgan fingerprint density at radius 2 is 1.44 bits per heavy atom. The van der Waals surface area contributed by atoms with Crippen LogP contribution in [0.1, 0.15) is 55.3 Å². The van der Waals surface area contributed by atoms with Gasteiger partial charge in [0.05, 0.1) is 5.60 Å².